The first-order valence-electron chi connectivity index (χ1n) is 9.28. The van der Waals surface area contributed by atoms with E-state index in [1.54, 1.807) is 0 Å². The van der Waals surface area contributed by atoms with E-state index in [0.29, 0.717) is 0 Å². The third-order valence-electron chi connectivity index (χ3n) is 5.37. The second-order valence-corrected chi connectivity index (χ2v) is 6.94. The van der Waals surface area contributed by atoms with Crippen molar-refractivity contribution < 1.29 is 0 Å². The van der Waals surface area contributed by atoms with Crippen LogP contribution in [0.1, 0.15) is 25.3 Å². The molecule has 126 valence electrons. The lowest BCUT2D eigenvalue weighted by atomic mass is 9.98. The van der Waals surface area contributed by atoms with Gasteiger partial charge in [-0.25, -0.2) is 0 Å². The quantitative estimate of drug-likeness (QED) is 0.746. The summed E-state index contributed by atoms with van der Waals surface area (Å²) in [4.78, 5) is 0. The maximum Gasteiger partial charge on any atom is 0.0491 e. The van der Waals surface area contributed by atoms with Gasteiger partial charge in [-0.3, -0.25) is 0 Å². The van der Waals surface area contributed by atoms with E-state index in [1.807, 2.05) is 0 Å². The van der Waals surface area contributed by atoms with E-state index in [9.17, 15) is 0 Å². The molecule has 0 atom stereocenters. The van der Waals surface area contributed by atoms with Gasteiger partial charge in [-0.1, -0.05) is 24.3 Å². The number of rotatable bonds is 5. The fourth-order valence-corrected chi connectivity index (χ4v) is 4.06. The topological polar surface area (TPSA) is 29.0 Å². The number of hydrogen-bond donors (Lipinski definition) is 2. The van der Waals surface area contributed by atoms with Crippen molar-refractivity contribution in [1.29, 1.82) is 0 Å². The minimum Gasteiger partial charge on any atom is -0.341 e. The summed E-state index contributed by atoms with van der Waals surface area (Å²) in [5, 5.41) is 9.86. The number of fused-ring (bicyclic) bond motifs is 3. The van der Waals surface area contributed by atoms with Crippen LogP contribution in [0.3, 0.4) is 0 Å². The molecule has 0 radical (unpaired) electrons. The highest BCUT2D eigenvalue weighted by atomic mass is 15.0. The number of nitrogens with zero attached hydrogens (tertiary/aromatic N) is 1. The Morgan fingerprint density at radius 2 is 1.83 bits per heavy atom. The van der Waals surface area contributed by atoms with Gasteiger partial charge in [0, 0.05) is 34.9 Å². The molecular weight excluding hydrogens is 294 g/mol. The van der Waals surface area contributed by atoms with Crippen molar-refractivity contribution in [1.82, 2.24) is 15.2 Å². The summed E-state index contributed by atoms with van der Waals surface area (Å²) in [6.45, 7) is 7.68. The van der Waals surface area contributed by atoms with Crippen molar-refractivity contribution in [2.45, 2.75) is 32.9 Å². The zero-order chi connectivity index (χ0) is 16.4. The fourth-order valence-electron chi connectivity index (χ4n) is 4.06. The van der Waals surface area contributed by atoms with Gasteiger partial charge in [0.25, 0.3) is 0 Å². The van der Waals surface area contributed by atoms with Crippen molar-refractivity contribution >= 4 is 21.8 Å². The Labute approximate surface area is 144 Å². The van der Waals surface area contributed by atoms with Gasteiger partial charge in [0.1, 0.15) is 0 Å². The molecule has 2 aromatic carbocycles. The zero-order valence-electron chi connectivity index (χ0n) is 14.5. The molecule has 0 spiro atoms. The van der Waals surface area contributed by atoms with Gasteiger partial charge in [-0.15, -0.1) is 0 Å². The van der Waals surface area contributed by atoms with Gasteiger partial charge < -0.3 is 15.2 Å². The minimum absolute atomic E-state index is 0.831. The number of hydrogen-bond acceptors (Lipinski definition) is 2. The van der Waals surface area contributed by atoms with Gasteiger partial charge in [0.05, 0.1) is 0 Å². The smallest absolute Gasteiger partial charge is 0.0491 e. The van der Waals surface area contributed by atoms with Crippen molar-refractivity contribution in [2.24, 2.45) is 5.92 Å². The molecule has 1 saturated heterocycles. The van der Waals surface area contributed by atoms with E-state index >= 15 is 0 Å². The average Bonchev–Trinajstić information content (AvgIpc) is 2.96. The first-order chi connectivity index (χ1) is 11.9. The molecule has 0 saturated carbocycles. The van der Waals surface area contributed by atoms with Crippen LogP contribution in [0.4, 0.5) is 0 Å². The Morgan fingerprint density at radius 1 is 1.04 bits per heavy atom. The molecule has 0 bridgehead atoms. The van der Waals surface area contributed by atoms with E-state index in [1.165, 1.54) is 53.3 Å². The summed E-state index contributed by atoms with van der Waals surface area (Å²) in [5.41, 5.74) is 4.08. The Kier molecular flexibility index (Phi) is 4.54. The van der Waals surface area contributed by atoms with E-state index in [2.05, 4.69) is 64.6 Å². The molecule has 0 unspecified atom stereocenters. The van der Waals surface area contributed by atoms with Gasteiger partial charge in [-0.05, 0) is 69.1 Å². The fraction of sp³-hybridized carbons (Fsp3) is 0.429. The molecule has 1 aliphatic rings. The molecule has 4 rings (SSSR count). The lowest BCUT2D eigenvalue weighted by molar-refractivity contribution is 0.356. The van der Waals surface area contributed by atoms with Crippen LogP contribution in [0.25, 0.3) is 21.8 Å². The molecule has 2 heterocycles. The molecule has 24 heavy (non-hydrogen) atoms. The van der Waals surface area contributed by atoms with Gasteiger partial charge in [-0.2, -0.15) is 0 Å². The van der Waals surface area contributed by atoms with Crippen molar-refractivity contribution in [3.8, 4) is 0 Å². The summed E-state index contributed by atoms with van der Waals surface area (Å²) in [5.74, 6) is 0.831. The first kappa shape index (κ1) is 15.7. The van der Waals surface area contributed by atoms with Gasteiger partial charge in [0.2, 0.25) is 0 Å². The molecule has 3 heteroatoms. The maximum atomic E-state index is 3.67. The third-order valence-corrected chi connectivity index (χ3v) is 5.37. The van der Waals surface area contributed by atoms with Crippen LogP contribution in [0.5, 0.6) is 0 Å². The van der Waals surface area contributed by atoms with Crippen LogP contribution in [0.2, 0.25) is 0 Å². The van der Waals surface area contributed by atoms with Crippen molar-refractivity contribution in [3.05, 3.63) is 48.0 Å². The Balaban J connectivity index is 1.55. The van der Waals surface area contributed by atoms with E-state index in [-0.39, 0.29) is 0 Å². The highest BCUT2D eigenvalue weighted by Gasteiger charge is 2.13. The van der Waals surface area contributed by atoms with Crippen LogP contribution in [-0.4, -0.2) is 24.2 Å². The number of benzene rings is 2. The zero-order valence-corrected chi connectivity index (χ0v) is 14.5. The maximum absolute atomic E-state index is 3.67. The Bertz CT molecular complexity index is 828. The number of para-hydroxylation sites is 1. The van der Waals surface area contributed by atoms with Crippen LogP contribution in [-0.2, 0) is 13.1 Å². The first-order valence-corrected chi connectivity index (χ1v) is 9.28. The monoisotopic (exact) mass is 321 g/mol. The van der Waals surface area contributed by atoms with Crippen molar-refractivity contribution in [2.75, 3.05) is 19.6 Å². The van der Waals surface area contributed by atoms with Crippen LogP contribution in [0, 0.1) is 5.92 Å². The Hall–Kier alpha value is -1.84. The normalized spacial score (nSPS) is 16.2. The van der Waals surface area contributed by atoms with E-state index < -0.39 is 0 Å². The average molecular weight is 321 g/mol. The summed E-state index contributed by atoms with van der Waals surface area (Å²) in [6, 6.07) is 15.7. The summed E-state index contributed by atoms with van der Waals surface area (Å²) in [6.07, 6.45) is 2.60. The number of aryl methyl sites for hydroxylation is 1. The van der Waals surface area contributed by atoms with E-state index in [0.717, 1.165) is 25.6 Å². The number of aromatic nitrogens is 1. The molecular formula is C21H27N3. The number of nitrogens with one attached hydrogen (secondary N) is 2. The highest BCUT2D eigenvalue weighted by Crippen LogP contribution is 2.29. The van der Waals surface area contributed by atoms with Crippen LogP contribution < -0.4 is 10.6 Å². The Morgan fingerprint density at radius 3 is 2.67 bits per heavy atom. The lowest BCUT2D eigenvalue weighted by Gasteiger charge is -2.22. The SMILES string of the molecule is CCn1c2ccccc2c2cc(CNCC3CCNCC3)ccc21. The summed E-state index contributed by atoms with van der Waals surface area (Å²) in [7, 11) is 0. The van der Waals surface area contributed by atoms with Crippen LogP contribution in [0.15, 0.2) is 42.5 Å². The van der Waals surface area contributed by atoms with Crippen LogP contribution >= 0.6 is 0 Å². The largest absolute Gasteiger partial charge is 0.341 e. The van der Waals surface area contributed by atoms with Crippen molar-refractivity contribution in [3.63, 3.8) is 0 Å². The second kappa shape index (κ2) is 6.96. The standard InChI is InChI=1S/C21H27N3/c1-2-24-20-6-4-3-5-18(20)19-13-17(7-8-21(19)24)15-23-14-16-9-11-22-12-10-16/h3-8,13,16,22-23H,2,9-12,14-15H2,1H3. The van der Waals surface area contributed by atoms with E-state index in [4.69, 9.17) is 0 Å². The molecule has 2 N–H and O–H groups in total. The highest BCUT2D eigenvalue weighted by molar-refractivity contribution is 6.08. The van der Waals surface area contributed by atoms with Gasteiger partial charge >= 0.3 is 0 Å². The minimum atomic E-state index is 0.831. The number of piperidine rings is 1. The van der Waals surface area contributed by atoms with Gasteiger partial charge in [0.15, 0.2) is 0 Å². The summed E-state index contributed by atoms with van der Waals surface area (Å²) >= 11 is 0. The second-order valence-electron chi connectivity index (χ2n) is 6.94. The predicted octanol–water partition coefficient (Wildman–Crippen LogP) is 3.90. The molecule has 3 nitrogen and oxygen atoms in total. The molecule has 1 aliphatic heterocycles. The molecule has 3 aromatic rings. The lowest BCUT2D eigenvalue weighted by Crippen LogP contribution is -2.33. The molecule has 1 aromatic heterocycles. The molecule has 0 amide bonds. The third kappa shape index (κ3) is 2.94. The predicted molar refractivity (Wildman–Crippen MR) is 102 cm³/mol. The molecule has 0 aliphatic carbocycles. The molecule has 1 fully saturated rings. The summed E-state index contributed by atoms with van der Waals surface area (Å²) < 4.78 is 2.41.